The van der Waals surface area contributed by atoms with Crippen molar-refractivity contribution in [2.24, 2.45) is 0 Å². The third-order valence-electron chi connectivity index (χ3n) is 3.99. The minimum Gasteiger partial charge on any atom is -0.497 e. The lowest BCUT2D eigenvalue weighted by Crippen LogP contribution is -2.45. The average molecular weight is 414 g/mol. The van der Waals surface area contributed by atoms with Gasteiger partial charge in [0.25, 0.3) is 0 Å². The van der Waals surface area contributed by atoms with E-state index in [9.17, 15) is 0 Å². The average Bonchev–Trinajstić information content (AvgIpc) is 2.50. The Morgan fingerprint density at radius 1 is 1.27 bits per heavy atom. The van der Waals surface area contributed by atoms with E-state index in [-0.39, 0.29) is 24.8 Å². The van der Waals surface area contributed by atoms with Crippen molar-refractivity contribution in [2.45, 2.75) is 32.2 Å². The number of nitrogens with one attached hydrogen (secondary N) is 1. The molecule has 0 amide bonds. The number of ether oxygens (including phenoxy) is 1. The smallest absolute Gasteiger partial charge is 0.119 e. The van der Waals surface area contributed by atoms with Gasteiger partial charge in [0.1, 0.15) is 5.75 Å². The molecule has 1 saturated heterocycles. The van der Waals surface area contributed by atoms with Gasteiger partial charge < -0.3 is 10.1 Å². The Kier molecular flexibility index (Phi) is 11.5. The van der Waals surface area contributed by atoms with Gasteiger partial charge >= 0.3 is 0 Å². The van der Waals surface area contributed by atoms with E-state index in [0.717, 1.165) is 31.9 Å². The monoisotopic (exact) mass is 412 g/mol. The van der Waals surface area contributed by atoms with Crippen LogP contribution in [0.2, 0.25) is 0 Å². The second-order valence-corrected chi connectivity index (χ2v) is 6.19. The van der Waals surface area contributed by atoms with Crippen molar-refractivity contribution in [2.75, 3.05) is 33.3 Å². The lowest BCUT2D eigenvalue weighted by Gasteiger charge is -2.36. The van der Waals surface area contributed by atoms with Crippen LogP contribution in [0.4, 0.5) is 0 Å². The molecule has 2 rings (SSSR count). The summed E-state index contributed by atoms with van der Waals surface area (Å²) in [7, 11) is 1.74. The van der Waals surface area contributed by atoms with Crippen molar-refractivity contribution in [3.63, 3.8) is 0 Å². The maximum Gasteiger partial charge on any atom is 0.119 e. The molecule has 128 valence electrons. The third-order valence-corrected chi connectivity index (χ3v) is 4.71. The largest absolute Gasteiger partial charge is 0.497 e. The van der Waals surface area contributed by atoms with Gasteiger partial charge in [-0.3, -0.25) is 4.90 Å². The quantitative estimate of drug-likeness (QED) is 0.745. The summed E-state index contributed by atoms with van der Waals surface area (Å²) >= 11 is 3.72. The highest BCUT2D eigenvalue weighted by Crippen LogP contribution is 2.34. The molecule has 1 aromatic carbocycles. The summed E-state index contributed by atoms with van der Waals surface area (Å²) in [5.74, 6) is 0.944. The fourth-order valence-corrected chi connectivity index (χ4v) is 3.34. The molecule has 1 fully saturated rings. The number of piperazine rings is 1. The summed E-state index contributed by atoms with van der Waals surface area (Å²) in [5.41, 5.74) is 1.36. The van der Waals surface area contributed by atoms with Crippen molar-refractivity contribution in [3.8, 4) is 5.75 Å². The second-order valence-electron chi connectivity index (χ2n) is 5.33. The summed E-state index contributed by atoms with van der Waals surface area (Å²) in [6.45, 7) is 6.68. The maximum atomic E-state index is 5.40. The zero-order valence-corrected chi connectivity index (χ0v) is 16.5. The number of unbranched alkanes of at least 4 members (excludes halogenated alkanes) is 1. The van der Waals surface area contributed by atoms with Gasteiger partial charge in [-0.25, -0.2) is 0 Å². The SMILES string of the molecule is CCCC[C@H](c1cc(OC)ccc1Br)N1CCNCC1.Cl.Cl. The van der Waals surface area contributed by atoms with Crippen molar-refractivity contribution >= 4 is 40.7 Å². The molecule has 22 heavy (non-hydrogen) atoms. The van der Waals surface area contributed by atoms with Crippen molar-refractivity contribution in [1.29, 1.82) is 0 Å². The number of halogens is 3. The molecule has 1 aliphatic heterocycles. The van der Waals surface area contributed by atoms with E-state index in [4.69, 9.17) is 4.74 Å². The molecule has 6 heteroatoms. The number of hydrogen-bond donors (Lipinski definition) is 1. The Bertz CT molecular complexity index is 429. The number of rotatable bonds is 6. The summed E-state index contributed by atoms with van der Waals surface area (Å²) in [4.78, 5) is 2.60. The first-order chi connectivity index (χ1) is 9.76. The highest BCUT2D eigenvalue weighted by molar-refractivity contribution is 9.10. The molecule has 0 bridgehead atoms. The van der Waals surface area contributed by atoms with E-state index in [1.54, 1.807) is 7.11 Å². The normalized spacial score (nSPS) is 16.3. The highest BCUT2D eigenvalue weighted by atomic mass is 79.9. The highest BCUT2D eigenvalue weighted by Gasteiger charge is 2.23. The molecule has 0 spiro atoms. The topological polar surface area (TPSA) is 24.5 Å². The summed E-state index contributed by atoms with van der Waals surface area (Å²) < 4.78 is 6.59. The van der Waals surface area contributed by atoms with Gasteiger partial charge in [-0.05, 0) is 30.2 Å². The molecule has 0 aliphatic carbocycles. The summed E-state index contributed by atoms with van der Waals surface area (Å²) in [6.07, 6.45) is 3.71. The van der Waals surface area contributed by atoms with Crippen LogP contribution in [0.25, 0.3) is 0 Å². The molecule has 1 aromatic rings. The van der Waals surface area contributed by atoms with Crippen LogP contribution in [0.1, 0.15) is 37.8 Å². The Hall–Kier alpha value is -0.000000000000000222. The van der Waals surface area contributed by atoms with Gasteiger partial charge in [0.2, 0.25) is 0 Å². The van der Waals surface area contributed by atoms with E-state index < -0.39 is 0 Å². The lowest BCUT2D eigenvalue weighted by atomic mass is 9.98. The zero-order chi connectivity index (χ0) is 14.4. The minimum absolute atomic E-state index is 0. The molecule has 0 radical (unpaired) electrons. The van der Waals surface area contributed by atoms with E-state index in [0.29, 0.717) is 6.04 Å². The van der Waals surface area contributed by atoms with Crippen LogP contribution in [-0.4, -0.2) is 38.2 Å². The fourth-order valence-electron chi connectivity index (χ4n) is 2.83. The van der Waals surface area contributed by atoms with Crippen LogP contribution < -0.4 is 10.1 Å². The first-order valence-electron chi connectivity index (χ1n) is 7.54. The Labute approximate surface area is 155 Å². The minimum atomic E-state index is 0. The lowest BCUT2D eigenvalue weighted by molar-refractivity contribution is 0.162. The van der Waals surface area contributed by atoms with Gasteiger partial charge in [-0.2, -0.15) is 0 Å². The Balaban J connectivity index is 0.00000220. The molecule has 1 atom stereocenters. The van der Waals surface area contributed by atoms with Gasteiger partial charge in [-0.1, -0.05) is 35.7 Å². The molecule has 0 unspecified atom stereocenters. The van der Waals surface area contributed by atoms with Crippen LogP contribution >= 0.6 is 40.7 Å². The van der Waals surface area contributed by atoms with E-state index in [1.807, 2.05) is 6.07 Å². The molecule has 3 nitrogen and oxygen atoms in total. The van der Waals surface area contributed by atoms with E-state index in [1.165, 1.54) is 29.3 Å². The molecule has 0 saturated carbocycles. The van der Waals surface area contributed by atoms with Crippen LogP contribution in [0.15, 0.2) is 22.7 Å². The van der Waals surface area contributed by atoms with Crippen LogP contribution in [0.5, 0.6) is 5.75 Å². The van der Waals surface area contributed by atoms with Gasteiger partial charge in [0.15, 0.2) is 0 Å². The summed E-state index contributed by atoms with van der Waals surface area (Å²) in [6, 6.07) is 6.80. The molecule has 0 aromatic heterocycles. The number of benzene rings is 1. The number of methoxy groups -OCH3 is 1. The second kappa shape index (κ2) is 11.5. The van der Waals surface area contributed by atoms with Crippen LogP contribution in [-0.2, 0) is 0 Å². The van der Waals surface area contributed by atoms with E-state index in [2.05, 4.69) is 45.2 Å². The first-order valence-corrected chi connectivity index (χ1v) is 8.33. The Morgan fingerprint density at radius 3 is 2.55 bits per heavy atom. The van der Waals surface area contributed by atoms with Gasteiger partial charge in [0, 0.05) is 36.7 Å². The third kappa shape index (κ3) is 5.89. The fraction of sp³-hybridized carbons (Fsp3) is 0.625. The Morgan fingerprint density at radius 2 is 1.95 bits per heavy atom. The molecule has 1 aliphatic rings. The van der Waals surface area contributed by atoms with Crippen molar-refractivity contribution < 1.29 is 4.74 Å². The van der Waals surface area contributed by atoms with Crippen LogP contribution in [0, 0.1) is 0 Å². The summed E-state index contributed by atoms with van der Waals surface area (Å²) in [5, 5.41) is 3.44. The van der Waals surface area contributed by atoms with Gasteiger partial charge in [0.05, 0.1) is 7.11 Å². The molecular weight excluding hydrogens is 387 g/mol. The zero-order valence-electron chi connectivity index (χ0n) is 13.3. The number of hydrogen-bond acceptors (Lipinski definition) is 3. The number of nitrogens with zero attached hydrogens (tertiary/aromatic N) is 1. The predicted molar refractivity (Wildman–Crippen MR) is 102 cm³/mol. The van der Waals surface area contributed by atoms with Crippen molar-refractivity contribution in [3.05, 3.63) is 28.2 Å². The molecule has 1 N–H and O–H groups in total. The maximum absolute atomic E-state index is 5.40. The predicted octanol–water partition coefficient (Wildman–Crippen LogP) is 4.44. The van der Waals surface area contributed by atoms with E-state index >= 15 is 0 Å². The molecular formula is C16H27BrCl2N2O. The van der Waals surface area contributed by atoms with Crippen molar-refractivity contribution in [1.82, 2.24) is 10.2 Å². The van der Waals surface area contributed by atoms with Crippen LogP contribution in [0.3, 0.4) is 0 Å². The first kappa shape index (κ1) is 22.0. The molecule has 1 heterocycles. The standard InChI is InChI=1S/C16H25BrN2O.2ClH/c1-3-4-5-16(19-10-8-18-9-11-19)14-12-13(20-2)6-7-15(14)17;;/h6-7,12,16,18H,3-5,8-11H2,1-2H3;2*1H/t16-;;/m1../s1. The van der Waals surface area contributed by atoms with Gasteiger partial charge in [-0.15, -0.1) is 24.8 Å².